The number of aliphatic hydroxyl groups is 1. The lowest BCUT2D eigenvalue weighted by Crippen LogP contribution is -2.13. The zero-order chi connectivity index (χ0) is 19.7. The summed E-state index contributed by atoms with van der Waals surface area (Å²) in [4.78, 5) is 15.9. The SMILES string of the molecule is Cl.NC(=O)Cc1ccc(C(O)c2cc(-c3cccc(Cl)c3)nc3c2CCC3)cc1. The number of primary amides is 1. The molecule has 4 rings (SSSR count). The molecule has 1 atom stereocenters. The number of nitrogens with zero attached hydrogens (tertiary/aromatic N) is 1. The van der Waals surface area contributed by atoms with Crippen LogP contribution in [0.5, 0.6) is 0 Å². The van der Waals surface area contributed by atoms with Crippen molar-refractivity contribution in [1.82, 2.24) is 4.98 Å². The van der Waals surface area contributed by atoms with E-state index in [0.29, 0.717) is 5.02 Å². The minimum Gasteiger partial charge on any atom is -0.384 e. The number of carbonyl (C=O) groups is 1. The second-order valence-electron chi connectivity index (χ2n) is 7.17. The number of aryl methyl sites for hydroxylation is 1. The molecule has 0 fully saturated rings. The number of aromatic nitrogens is 1. The standard InChI is InChI=1S/C23H21ClN2O2.ClH/c24-17-4-1-3-16(12-17)21-13-19(18-5-2-6-20(18)26-21)23(28)15-9-7-14(8-10-15)11-22(25)27;/h1,3-4,7-10,12-13,23,28H,2,5-6,11H2,(H2,25,27);1H. The molecule has 1 amide bonds. The van der Waals surface area contributed by atoms with Crippen LogP contribution >= 0.6 is 24.0 Å². The van der Waals surface area contributed by atoms with Crippen LogP contribution in [0.25, 0.3) is 11.3 Å². The van der Waals surface area contributed by atoms with Gasteiger partial charge in [0.1, 0.15) is 6.10 Å². The van der Waals surface area contributed by atoms with Crippen molar-refractivity contribution in [3.63, 3.8) is 0 Å². The van der Waals surface area contributed by atoms with Gasteiger partial charge in [0.2, 0.25) is 5.91 Å². The van der Waals surface area contributed by atoms with Crippen LogP contribution in [0.2, 0.25) is 5.02 Å². The highest BCUT2D eigenvalue weighted by atomic mass is 35.5. The van der Waals surface area contributed by atoms with E-state index in [1.54, 1.807) is 0 Å². The Labute approximate surface area is 181 Å². The number of rotatable bonds is 5. The van der Waals surface area contributed by atoms with E-state index in [2.05, 4.69) is 0 Å². The van der Waals surface area contributed by atoms with E-state index in [9.17, 15) is 9.90 Å². The van der Waals surface area contributed by atoms with Crippen LogP contribution < -0.4 is 5.73 Å². The third-order valence-electron chi connectivity index (χ3n) is 5.17. The normalized spacial score (nSPS) is 13.4. The van der Waals surface area contributed by atoms with Crippen molar-refractivity contribution in [1.29, 1.82) is 0 Å². The summed E-state index contributed by atoms with van der Waals surface area (Å²) >= 11 is 6.15. The Morgan fingerprint density at radius 1 is 1.14 bits per heavy atom. The van der Waals surface area contributed by atoms with Gasteiger partial charge in [-0.15, -0.1) is 12.4 Å². The second-order valence-corrected chi connectivity index (χ2v) is 7.61. The van der Waals surface area contributed by atoms with Crippen LogP contribution in [0.4, 0.5) is 0 Å². The van der Waals surface area contributed by atoms with Crippen molar-refractivity contribution < 1.29 is 9.90 Å². The lowest BCUT2D eigenvalue weighted by molar-refractivity contribution is -0.117. The zero-order valence-corrected chi connectivity index (χ0v) is 17.3. The van der Waals surface area contributed by atoms with E-state index in [-0.39, 0.29) is 24.7 Å². The predicted molar refractivity (Wildman–Crippen MR) is 117 cm³/mol. The number of aliphatic hydroxyl groups excluding tert-OH is 1. The van der Waals surface area contributed by atoms with Gasteiger partial charge in [0.15, 0.2) is 0 Å². The molecule has 0 saturated carbocycles. The van der Waals surface area contributed by atoms with Gasteiger partial charge in [-0.25, -0.2) is 0 Å². The van der Waals surface area contributed by atoms with Crippen molar-refractivity contribution >= 4 is 29.9 Å². The number of pyridine rings is 1. The topological polar surface area (TPSA) is 76.2 Å². The highest BCUT2D eigenvalue weighted by Crippen LogP contribution is 2.35. The van der Waals surface area contributed by atoms with Crippen LogP contribution in [-0.4, -0.2) is 16.0 Å². The van der Waals surface area contributed by atoms with Gasteiger partial charge in [-0.2, -0.15) is 0 Å². The summed E-state index contributed by atoms with van der Waals surface area (Å²) in [7, 11) is 0. The number of benzene rings is 2. The monoisotopic (exact) mass is 428 g/mol. The highest BCUT2D eigenvalue weighted by molar-refractivity contribution is 6.30. The summed E-state index contributed by atoms with van der Waals surface area (Å²) < 4.78 is 0. The van der Waals surface area contributed by atoms with E-state index < -0.39 is 6.10 Å². The molecule has 4 nitrogen and oxygen atoms in total. The smallest absolute Gasteiger partial charge is 0.221 e. The molecule has 0 bridgehead atoms. The van der Waals surface area contributed by atoms with Crippen LogP contribution in [-0.2, 0) is 24.1 Å². The Bertz CT molecular complexity index is 1040. The minimum absolute atomic E-state index is 0. The number of halogens is 2. The molecule has 0 aliphatic heterocycles. The summed E-state index contributed by atoms with van der Waals surface area (Å²) in [6.07, 6.45) is 2.32. The highest BCUT2D eigenvalue weighted by Gasteiger charge is 2.23. The van der Waals surface area contributed by atoms with Crippen molar-refractivity contribution in [3.05, 3.63) is 87.6 Å². The quantitative estimate of drug-likeness (QED) is 0.631. The third kappa shape index (κ3) is 4.61. The fourth-order valence-electron chi connectivity index (χ4n) is 3.81. The second kappa shape index (κ2) is 8.95. The third-order valence-corrected chi connectivity index (χ3v) is 5.41. The molecule has 3 N–H and O–H groups in total. The Morgan fingerprint density at radius 3 is 2.59 bits per heavy atom. The molecule has 1 heterocycles. The molecule has 6 heteroatoms. The molecule has 0 spiro atoms. The molecule has 2 aromatic carbocycles. The van der Waals surface area contributed by atoms with Crippen molar-refractivity contribution in [3.8, 4) is 11.3 Å². The van der Waals surface area contributed by atoms with Crippen molar-refractivity contribution in [2.24, 2.45) is 5.73 Å². The number of amides is 1. The van der Waals surface area contributed by atoms with Gasteiger partial charge >= 0.3 is 0 Å². The fraction of sp³-hybridized carbons (Fsp3) is 0.217. The number of carbonyl (C=O) groups excluding carboxylic acids is 1. The molecule has 1 aromatic heterocycles. The maximum absolute atomic E-state index is 11.1. The van der Waals surface area contributed by atoms with Gasteiger partial charge in [-0.3, -0.25) is 9.78 Å². The first kappa shape index (κ1) is 21.3. The molecule has 1 unspecified atom stereocenters. The molecular formula is C23H22Cl2N2O2. The first-order valence-corrected chi connectivity index (χ1v) is 9.73. The van der Waals surface area contributed by atoms with Crippen LogP contribution in [0.15, 0.2) is 54.6 Å². The lowest BCUT2D eigenvalue weighted by Gasteiger charge is -2.18. The van der Waals surface area contributed by atoms with E-state index >= 15 is 0 Å². The lowest BCUT2D eigenvalue weighted by atomic mass is 9.94. The average Bonchev–Trinajstić information content (AvgIpc) is 3.15. The Kier molecular flexibility index (Phi) is 6.58. The van der Waals surface area contributed by atoms with Crippen molar-refractivity contribution in [2.75, 3.05) is 0 Å². The van der Waals surface area contributed by atoms with Gasteiger partial charge in [0, 0.05) is 16.3 Å². The fourth-order valence-corrected chi connectivity index (χ4v) is 4.00. The maximum atomic E-state index is 11.1. The summed E-state index contributed by atoms with van der Waals surface area (Å²) in [5.74, 6) is -0.369. The molecule has 1 aliphatic rings. The summed E-state index contributed by atoms with van der Waals surface area (Å²) in [5.41, 5.74) is 11.7. The maximum Gasteiger partial charge on any atom is 0.221 e. The summed E-state index contributed by atoms with van der Waals surface area (Å²) in [6, 6.07) is 16.9. The van der Waals surface area contributed by atoms with Gasteiger partial charge < -0.3 is 10.8 Å². The largest absolute Gasteiger partial charge is 0.384 e. The molecule has 1 aliphatic carbocycles. The molecule has 150 valence electrons. The number of hydrogen-bond acceptors (Lipinski definition) is 3. The van der Waals surface area contributed by atoms with Gasteiger partial charge in [-0.1, -0.05) is 48.0 Å². The molecule has 0 saturated heterocycles. The Balaban J connectivity index is 0.00000240. The Hall–Kier alpha value is -2.40. The first-order valence-electron chi connectivity index (χ1n) is 9.35. The minimum atomic E-state index is -0.754. The average molecular weight is 429 g/mol. The Morgan fingerprint density at radius 2 is 1.90 bits per heavy atom. The van der Waals surface area contributed by atoms with E-state index in [1.807, 2.05) is 54.6 Å². The predicted octanol–water partition coefficient (Wildman–Crippen LogP) is 4.42. The van der Waals surface area contributed by atoms with Crippen LogP contribution in [0.3, 0.4) is 0 Å². The number of nitrogens with two attached hydrogens (primary N) is 1. The van der Waals surface area contributed by atoms with Crippen LogP contribution in [0.1, 0.15) is 40.5 Å². The van der Waals surface area contributed by atoms with E-state index in [0.717, 1.165) is 58.5 Å². The van der Waals surface area contributed by atoms with Crippen LogP contribution in [0, 0.1) is 0 Å². The molecule has 0 radical (unpaired) electrons. The zero-order valence-electron chi connectivity index (χ0n) is 15.8. The summed E-state index contributed by atoms with van der Waals surface area (Å²) in [5, 5.41) is 11.8. The molecular weight excluding hydrogens is 407 g/mol. The summed E-state index contributed by atoms with van der Waals surface area (Å²) in [6.45, 7) is 0. The number of hydrogen-bond donors (Lipinski definition) is 2. The van der Waals surface area contributed by atoms with E-state index in [1.165, 1.54) is 0 Å². The van der Waals surface area contributed by atoms with Crippen molar-refractivity contribution in [2.45, 2.75) is 31.8 Å². The van der Waals surface area contributed by atoms with Gasteiger partial charge in [-0.05, 0) is 59.7 Å². The molecule has 3 aromatic rings. The molecule has 29 heavy (non-hydrogen) atoms. The van der Waals surface area contributed by atoms with E-state index in [4.69, 9.17) is 22.3 Å². The number of fused-ring (bicyclic) bond motifs is 1. The first-order chi connectivity index (χ1) is 13.5. The van der Waals surface area contributed by atoms with Gasteiger partial charge in [0.25, 0.3) is 0 Å². The van der Waals surface area contributed by atoms with Gasteiger partial charge in [0.05, 0.1) is 12.1 Å².